The van der Waals surface area contributed by atoms with Crippen LogP contribution in [-0.2, 0) is 19.4 Å². The van der Waals surface area contributed by atoms with E-state index in [4.69, 9.17) is 0 Å². The smallest absolute Gasteiger partial charge is 0.242 e. The molecule has 0 amide bonds. The van der Waals surface area contributed by atoms with Gasteiger partial charge in [-0.1, -0.05) is 26.5 Å². The van der Waals surface area contributed by atoms with E-state index in [2.05, 4.69) is 30.2 Å². The highest BCUT2D eigenvalue weighted by molar-refractivity contribution is 5.89. The average Bonchev–Trinajstić information content (AvgIpc) is 2.54. The van der Waals surface area contributed by atoms with Crippen LogP contribution in [0.3, 0.4) is 0 Å². The molecular formula is C11H14O4. The third-order valence-electron chi connectivity index (χ3n) is 2.20. The summed E-state index contributed by atoms with van der Waals surface area (Å²) in [5.41, 5.74) is 0.633. The van der Waals surface area contributed by atoms with E-state index in [1.807, 2.05) is 6.08 Å². The van der Waals surface area contributed by atoms with E-state index in [0.29, 0.717) is 12.0 Å². The summed E-state index contributed by atoms with van der Waals surface area (Å²) in [5, 5.41) is 0. The Hall–Kier alpha value is -1.58. The Morgan fingerprint density at radius 1 is 1.47 bits per heavy atom. The van der Waals surface area contributed by atoms with Gasteiger partial charge in [-0.25, -0.2) is 19.4 Å². The molecule has 4 nitrogen and oxygen atoms in total. The van der Waals surface area contributed by atoms with Crippen LogP contribution in [0.4, 0.5) is 0 Å². The molecule has 1 aliphatic rings. The van der Waals surface area contributed by atoms with Crippen LogP contribution in [0.15, 0.2) is 24.3 Å². The lowest BCUT2D eigenvalue weighted by Gasteiger charge is -2.15. The van der Waals surface area contributed by atoms with E-state index < -0.39 is 11.9 Å². The normalized spacial score (nSPS) is 17.9. The lowest BCUT2D eigenvalue weighted by molar-refractivity contribution is -0.251. The summed E-state index contributed by atoms with van der Waals surface area (Å²) in [6.07, 6.45) is 4.20. The van der Waals surface area contributed by atoms with Crippen molar-refractivity contribution in [2.75, 3.05) is 0 Å². The van der Waals surface area contributed by atoms with Gasteiger partial charge >= 0.3 is 11.9 Å². The molecule has 0 fully saturated rings. The van der Waals surface area contributed by atoms with E-state index >= 15 is 0 Å². The number of rotatable bonds is 2. The van der Waals surface area contributed by atoms with Crippen molar-refractivity contribution in [3.05, 3.63) is 24.3 Å². The van der Waals surface area contributed by atoms with Gasteiger partial charge < -0.3 is 0 Å². The van der Waals surface area contributed by atoms with Gasteiger partial charge in [-0.3, -0.25) is 0 Å². The third kappa shape index (κ3) is 3.23. The monoisotopic (exact) mass is 210 g/mol. The Kier molecular flexibility index (Phi) is 3.29. The van der Waals surface area contributed by atoms with Crippen molar-refractivity contribution in [1.82, 2.24) is 0 Å². The molecule has 0 spiro atoms. The lowest BCUT2D eigenvalue weighted by atomic mass is 9.90. The van der Waals surface area contributed by atoms with Crippen LogP contribution in [0, 0.1) is 5.41 Å². The zero-order chi connectivity index (χ0) is 11.5. The van der Waals surface area contributed by atoms with Gasteiger partial charge in [-0.2, -0.15) is 0 Å². The van der Waals surface area contributed by atoms with Gasteiger partial charge in [-0.05, 0) is 18.3 Å². The summed E-state index contributed by atoms with van der Waals surface area (Å²) < 4.78 is 0. The van der Waals surface area contributed by atoms with Gasteiger partial charge in [0.2, 0.25) is 0 Å². The number of carbonyl (C=O) groups excluding carboxylic acids is 2. The highest BCUT2D eigenvalue weighted by Crippen LogP contribution is 2.36. The largest absolute Gasteiger partial charge is 0.382 e. The summed E-state index contributed by atoms with van der Waals surface area (Å²) in [6, 6.07) is 0. The molecule has 1 rings (SSSR count). The summed E-state index contributed by atoms with van der Waals surface area (Å²) in [7, 11) is 0. The van der Waals surface area contributed by atoms with Crippen LogP contribution in [-0.4, -0.2) is 11.9 Å². The second-order valence-electron chi connectivity index (χ2n) is 4.25. The predicted octanol–water partition coefficient (Wildman–Crippen LogP) is 1.92. The fourth-order valence-corrected chi connectivity index (χ4v) is 1.38. The Morgan fingerprint density at radius 3 is 2.60 bits per heavy atom. The fraction of sp³-hybridized carbons (Fsp3) is 0.455. The molecule has 0 aromatic rings. The number of hydrogen-bond donors (Lipinski definition) is 0. The molecule has 0 aromatic carbocycles. The zero-order valence-corrected chi connectivity index (χ0v) is 8.91. The Labute approximate surface area is 88.5 Å². The molecule has 0 saturated heterocycles. The lowest BCUT2D eigenvalue weighted by Crippen LogP contribution is -2.13. The minimum Gasteiger partial charge on any atom is -0.242 e. The molecule has 0 aromatic heterocycles. The number of carbonyl (C=O) groups is 2. The van der Waals surface area contributed by atoms with E-state index in [-0.39, 0.29) is 5.41 Å². The highest BCUT2D eigenvalue weighted by Gasteiger charge is 2.29. The maximum absolute atomic E-state index is 11.4. The Balaban J connectivity index is 2.43. The summed E-state index contributed by atoms with van der Waals surface area (Å²) in [5.74, 6) is -1.38. The number of hydrogen-bond acceptors (Lipinski definition) is 4. The van der Waals surface area contributed by atoms with Crippen LogP contribution < -0.4 is 0 Å². The van der Waals surface area contributed by atoms with Gasteiger partial charge in [0.05, 0.1) is 0 Å². The van der Waals surface area contributed by atoms with Crippen molar-refractivity contribution in [3.8, 4) is 0 Å². The van der Waals surface area contributed by atoms with Crippen LogP contribution in [0.2, 0.25) is 0 Å². The van der Waals surface area contributed by atoms with Crippen molar-refractivity contribution in [2.24, 2.45) is 5.41 Å². The van der Waals surface area contributed by atoms with Gasteiger partial charge in [0.15, 0.2) is 0 Å². The molecule has 15 heavy (non-hydrogen) atoms. The average molecular weight is 210 g/mol. The van der Waals surface area contributed by atoms with Gasteiger partial charge in [0, 0.05) is 11.6 Å². The van der Waals surface area contributed by atoms with E-state index in [1.165, 1.54) is 0 Å². The molecule has 0 unspecified atom stereocenters. The van der Waals surface area contributed by atoms with E-state index in [9.17, 15) is 9.59 Å². The minimum atomic E-state index is -0.777. The molecule has 0 radical (unpaired) electrons. The zero-order valence-electron chi connectivity index (χ0n) is 8.91. The predicted molar refractivity (Wildman–Crippen MR) is 53.5 cm³/mol. The van der Waals surface area contributed by atoms with E-state index in [1.54, 1.807) is 0 Å². The molecule has 0 atom stereocenters. The van der Waals surface area contributed by atoms with Crippen molar-refractivity contribution in [3.63, 3.8) is 0 Å². The SMILES string of the molecule is C=CC(=O)OOC(=O)C1=CCC(C)(C)C1. The van der Waals surface area contributed by atoms with Crippen molar-refractivity contribution < 1.29 is 19.4 Å². The van der Waals surface area contributed by atoms with Crippen molar-refractivity contribution >= 4 is 11.9 Å². The van der Waals surface area contributed by atoms with Crippen LogP contribution >= 0.6 is 0 Å². The van der Waals surface area contributed by atoms with Crippen LogP contribution in [0.5, 0.6) is 0 Å². The Morgan fingerprint density at radius 2 is 2.13 bits per heavy atom. The quantitative estimate of drug-likeness (QED) is 0.397. The summed E-state index contributed by atoms with van der Waals surface area (Å²) >= 11 is 0. The highest BCUT2D eigenvalue weighted by atomic mass is 17.2. The summed E-state index contributed by atoms with van der Waals surface area (Å²) in [4.78, 5) is 30.5. The third-order valence-corrected chi connectivity index (χ3v) is 2.20. The second kappa shape index (κ2) is 4.29. The molecule has 0 N–H and O–H groups in total. The minimum absolute atomic E-state index is 0.0802. The summed E-state index contributed by atoms with van der Waals surface area (Å²) in [6.45, 7) is 7.29. The van der Waals surface area contributed by atoms with E-state index in [0.717, 1.165) is 12.5 Å². The first kappa shape index (κ1) is 11.5. The standard InChI is InChI=1S/C11H14O4/c1-4-9(12)14-15-10(13)8-5-6-11(2,3)7-8/h4-5H,1,6-7H2,2-3H3. The first-order valence-corrected chi connectivity index (χ1v) is 4.69. The maximum atomic E-state index is 11.4. The second-order valence-corrected chi connectivity index (χ2v) is 4.25. The number of allylic oxidation sites excluding steroid dienone is 1. The van der Waals surface area contributed by atoms with Crippen LogP contribution in [0.1, 0.15) is 26.7 Å². The van der Waals surface area contributed by atoms with Gasteiger partial charge in [0.1, 0.15) is 0 Å². The van der Waals surface area contributed by atoms with Crippen molar-refractivity contribution in [2.45, 2.75) is 26.7 Å². The topological polar surface area (TPSA) is 52.6 Å². The van der Waals surface area contributed by atoms with Crippen LogP contribution in [0.25, 0.3) is 0 Å². The van der Waals surface area contributed by atoms with Gasteiger partial charge in [-0.15, -0.1) is 0 Å². The molecule has 0 bridgehead atoms. The molecule has 82 valence electrons. The molecular weight excluding hydrogens is 196 g/mol. The van der Waals surface area contributed by atoms with Crippen molar-refractivity contribution in [1.29, 1.82) is 0 Å². The molecule has 0 aliphatic heterocycles. The molecule has 0 heterocycles. The molecule has 4 heteroatoms. The Bertz CT molecular complexity index is 325. The maximum Gasteiger partial charge on any atom is 0.382 e. The first-order valence-electron chi connectivity index (χ1n) is 4.69. The first-order chi connectivity index (χ1) is 6.94. The molecule has 0 saturated carbocycles. The van der Waals surface area contributed by atoms with Gasteiger partial charge in [0.25, 0.3) is 0 Å². The fourth-order valence-electron chi connectivity index (χ4n) is 1.38. The molecule has 1 aliphatic carbocycles.